The summed E-state index contributed by atoms with van der Waals surface area (Å²) < 4.78 is 5.69. The van der Waals surface area contributed by atoms with Gasteiger partial charge in [-0.2, -0.15) is 0 Å². The molecule has 100 valence electrons. The Labute approximate surface area is 109 Å². The molecule has 0 aromatic heterocycles. The van der Waals surface area contributed by atoms with Gasteiger partial charge in [0.15, 0.2) is 0 Å². The standard InChI is InChI=1S/C15H23NO2/c1-2-12-5-3-6-13(11-12)18-10-8-15(17)14-7-4-9-16-14/h3,5-6,11,14-17H,2,4,7-10H2,1H3. The van der Waals surface area contributed by atoms with Crippen LogP contribution < -0.4 is 10.1 Å². The molecule has 1 fully saturated rings. The van der Waals surface area contributed by atoms with Crippen LogP contribution in [0.5, 0.6) is 5.75 Å². The summed E-state index contributed by atoms with van der Waals surface area (Å²) in [4.78, 5) is 0. The second-order valence-corrected chi connectivity index (χ2v) is 4.91. The number of rotatable bonds is 6. The normalized spacial score (nSPS) is 20.9. The van der Waals surface area contributed by atoms with Crippen molar-refractivity contribution in [1.82, 2.24) is 5.32 Å². The summed E-state index contributed by atoms with van der Waals surface area (Å²) in [5.74, 6) is 0.904. The third-order valence-corrected chi connectivity index (χ3v) is 3.55. The summed E-state index contributed by atoms with van der Waals surface area (Å²) >= 11 is 0. The smallest absolute Gasteiger partial charge is 0.119 e. The van der Waals surface area contributed by atoms with E-state index in [4.69, 9.17) is 4.74 Å². The van der Waals surface area contributed by atoms with Crippen LogP contribution >= 0.6 is 0 Å². The number of aliphatic hydroxyl groups is 1. The van der Waals surface area contributed by atoms with Crippen molar-refractivity contribution in [3.63, 3.8) is 0 Å². The molecule has 2 rings (SSSR count). The first-order valence-corrected chi connectivity index (χ1v) is 6.93. The first kappa shape index (κ1) is 13.4. The zero-order valence-corrected chi connectivity index (χ0v) is 11.1. The Hall–Kier alpha value is -1.06. The number of ether oxygens (including phenoxy) is 1. The lowest BCUT2D eigenvalue weighted by molar-refractivity contribution is 0.107. The Kier molecular flexibility index (Phi) is 5.02. The molecule has 1 aromatic carbocycles. The van der Waals surface area contributed by atoms with Gasteiger partial charge in [-0.15, -0.1) is 0 Å². The van der Waals surface area contributed by atoms with E-state index < -0.39 is 0 Å². The Morgan fingerprint density at radius 2 is 2.39 bits per heavy atom. The van der Waals surface area contributed by atoms with E-state index >= 15 is 0 Å². The first-order valence-electron chi connectivity index (χ1n) is 6.93. The molecule has 0 aliphatic carbocycles. The average molecular weight is 249 g/mol. The highest BCUT2D eigenvalue weighted by Crippen LogP contribution is 2.16. The number of aryl methyl sites for hydroxylation is 1. The van der Waals surface area contributed by atoms with Crippen molar-refractivity contribution >= 4 is 0 Å². The van der Waals surface area contributed by atoms with Gasteiger partial charge in [0.25, 0.3) is 0 Å². The number of hydrogen-bond acceptors (Lipinski definition) is 3. The molecule has 2 unspecified atom stereocenters. The van der Waals surface area contributed by atoms with Crippen LogP contribution in [0.2, 0.25) is 0 Å². The van der Waals surface area contributed by atoms with Gasteiger partial charge >= 0.3 is 0 Å². The minimum Gasteiger partial charge on any atom is -0.493 e. The molecule has 1 heterocycles. The number of nitrogens with one attached hydrogen (secondary N) is 1. The Morgan fingerprint density at radius 3 is 3.11 bits per heavy atom. The van der Waals surface area contributed by atoms with Gasteiger partial charge in [-0.1, -0.05) is 19.1 Å². The van der Waals surface area contributed by atoms with Crippen LogP contribution in [0, 0.1) is 0 Å². The molecule has 0 bridgehead atoms. The van der Waals surface area contributed by atoms with Gasteiger partial charge in [-0.25, -0.2) is 0 Å². The van der Waals surface area contributed by atoms with E-state index in [1.807, 2.05) is 12.1 Å². The minimum absolute atomic E-state index is 0.260. The van der Waals surface area contributed by atoms with Crippen LogP contribution in [0.3, 0.4) is 0 Å². The van der Waals surface area contributed by atoms with Crippen LogP contribution in [-0.4, -0.2) is 30.4 Å². The van der Waals surface area contributed by atoms with Gasteiger partial charge in [0.05, 0.1) is 12.7 Å². The van der Waals surface area contributed by atoms with Crippen molar-refractivity contribution in [3.05, 3.63) is 29.8 Å². The first-order chi connectivity index (χ1) is 8.79. The number of aliphatic hydroxyl groups excluding tert-OH is 1. The molecule has 3 nitrogen and oxygen atoms in total. The molecule has 3 heteroatoms. The highest BCUT2D eigenvalue weighted by atomic mass is 16.5. The van der Waals surface area contributed by atoms with E-state index in [0.717, 1.165) is 25.1 Å². The molecule has 0 spiro atoms. The molecular weight excluding hydrogens is 226 g/mol. The van der Waals surface area contributed by atoms with Crippen molar-refractivity contribution in [3.8, 4) is 5.75 Å². The molecule has 2 N–H and O–H groups in total. The maximum atomic E-state index is 9.99. The summed E-state index contributed by atoms with van der Waals surface area (Å²) in [5, 5.41) is 13.3. The van der Waals surface area contributed by atoms with Gasteiger partial charge in [0.2, 0.25) is 0 Å². The average Bonchev–Trinajstić information content (AvgIpc) is 2.93. The van der Waals surface area contributed by atoms with Crippen LogP contribution in [0.15, 0.2) is 24.3 Å². The Balaban J connectivity index is 1.73. The summed E-state index contributed by atoms with van der Waals surface area (Å²) in [5.41, 5.74) is 1.28. The van der Waals surface area contributed by atoms with E-state index in [1.54, 1.807) is 0 Å². The zero-order chi connectivity index (χ0) is 12.8. The second-order valence-electron chi connectivity index (χ2n) is 4.91. The molecular formula is C15H23NO2. The fourth-order valence-electron chi connectivity index (χ4n) is 2.39. The highest BCUT2D eigenvalue weighted by Gasteiger charge is 2.22. The van der Waals surface area contributed by atoms with E-state index in [0.29, 0.717) is 13.0 Å². The highest BCUT2D eigenvalue weighted by molar-refractivity contribution is 5.28. The molecule has 2 atom stereocenters. The molecule has 0 radical (unpaired) electrons. The second kappa shape index (κ2) is 6.76. The maximum absolute atomic E-state index is 9.99. The SMILES string of the molecule is CCc1cccc(OCCC(O)C2CCCN2)c1. The van der Waals surface area contributed by atoms with Crippen molar-refractivity contribution in [2.45, 2.75) is 44.8 Å². The van der Waals surface area contributed by atoms with Crippen molar-refractivity contribution in [1.29, 1.82) is 0 Å². The van der Waals surface area contributed by atoms with E-state index in [-0.39, 0.29) is 12.1 Å². The molecule has 0 saturated carbocycles. The van der Waals surface area contributed by atoms with Gasteiger partial charge in [-0.3, -0.25) is 0 Å². The largest absolute Gasteiger partial charge is 0.493 e. The van der Waals surface area contributed by atoms with Gasteiger partial charge in [0.1, 0.15) is 5.75 Å². The summed E-state index contributed by atoms with van der Waals surface area (Å²) in [7, 11) is 0. The topological polar surface area (TPSA) is 41.5 Å². The summed E-state index contributed by atoms with van der Waals surface area (Å²) in [6.07, 6.45) is 3.66. The van der Waals surface area contributed by atoms with Crippen molar-refractivity contribution in [2.24, 2.45) is 0 Å². The molecule has 1 aliphatic heterocycles. The number of benzene rings is 1. The third kappa shape index (κ3) is 3.72. The molecule has 1 aromatic rings. The Bertz CT molecular complexity index is 361. The van der Waals surface area contributed by atoms with E-state index in [2.05, 4.69) is 24.4 Å². The molecule has 18 heavy (non-hydrogen) atoms. The fraction of sp³-hybridized carbons (Fsp3) is 0.600. The van der Waals surface area contributed by atoms with Crippen LogP contribution in [0.25, 0.3) is 0 Å². The van der Waals surface area contributed by atoms with E-state index in [9.17, 15) is 5.11 Å². The quantitative estimate of drug-likeness (QED) is 0.811. The predicted octanol–water partition coefficient (Wildman–Crippen LogP) is 2.13. The molecule has 0 amide bonds. The monoisotopic (exact) mass is 249 g/mol. The van der Waals surface area contributed by atoms with Crippen LogP contribution in [-0.2, 0) is 6.42 Å². The molecule has 1 saturated heterocycles. The zero-order valence-electron chi connectivity index (χ0n) is 11.1. The van der Waals surface area contributed by atoms with E-state index in [1.165, 1.54) is 12.0 Å². The van der Waals surface area contributed by atoms with Gasteiger partial charge < -0.3 is 15.2 Å². The lowest BCUT2D eigenvalue weighted by atomic mass is 10.1. The van der Waals surface area contributed by atoms with Crippen molar-refractivity contribution in [2.75, 3.05) is 13.2 Å². The number of hydrogen-bond donors (Lipinski definition) is 2. The van der Waals surface area contributed by atoms with Gasteiger partial charge in [0, 0.05) is 12.5 Å². The van der Waals surface area contributed by atoms with Gasteiger partial charge in [-0.05, 0) is 43.5 Å². The predicted molar refractivity (Wildman–Crippen MR) is 73.0 cm³/mol. The maximum Gasteiger partial charge on any atom is 0.119 e. The summed E-state index contributed by atoms with van der Waals surface area (Å²) in [6.45, 7) is 3.74. The lowest BCUT2D eigenvalue weighted by Crippen LogP contribution is -2.35. The lowest BCUT2D eigenvalue weighted by Gasteiger charge is -2.18. The van der Waals surface area contributed by atoms with Crippen molar-refractivity contribution < 1.29 is 9.84 Å². The third-order valence-electron chi connectivity index (χ3n) is 3.55. The Morgan fingerprint density at radius 1 is 1.50 bits per heavy atom. The minimum atomic E-state index is -0.290. The molecule has 1 aliphatic rings. The van der Waals surface area contributed by atoms with Crippen LogP contribution in [0.1, 0.15) is 31.7 Å². The van der Waals surface area contributed by atoms with Crippen LogP contribution in [0.4, 0.5) is 0 Å². The fourth-order valence-corrected chi connectivity index (χ4v) is 2.39. The summed E-state index contributed by atoms with van der Waals surface area (Å²) in [6, 6.07) is 8.42.